The summed E-state index contributed by atoms with van der Waals surface area (Å²) in [7, 11) is 0. The van der Waals surface area contributed by atoms with E-state index in [4.69, 9.17) is 0 Å². The van der Waals surface area contributed by atoms with E-state index in [2.05, 4.69) is 13.5 Å². The van der Waals surface area contributed by atoms with E-state index in [1.54, 1.807) is 0 Å². The highest BCUT2D eigenvalue weighted by atomic mass is 32.2. The Morgan fingerprint density at radius 1 is 1.60 bits per heavy atom. The Hall–Kier alpha value is -0.240. The lowest BCUT2D eigenvalue weighted by molar-refractivity contribution is -0.104. The van der Waals surface area contributed by atoms with E-state index in [1.807, 2.05) is 13.8 Å². The number of rotatable bonds is 4. The van der Waals surface area contributed by atoms with Gasteiger partial charge in [-0.05, 0) is 12.2 Å². The maximum absolute atomic E-state index is 9.89. The molecule has 2 heteroatoms. The molecule has 0 fully saturated rings. The summed E-state index contributed by atoms with van der Waals surface area (Å²) in [6, 6.07) is 0. The molecule has 10 heavy (non-hydrogen) atoms. The summed E-state index contributed by atoms with van der Waals surface area (Å²) in [4.78, 5) is 10.5. The number of carbonyl (C=O) groups excluding carboxylic acids is 1. The maximum atomic E-state index is 9.89. The van der Waals surface area contributed by atoms with Crippen molar-refractivity contribution >= 4 is 18.0 Å². The van der Waals surface area contributed by atoms with Crippen LogP contribution in [-0.4, -0.2) is 12.0 Å². The van der Waals surface area contributed by atoms with E-state index in [-0.39, 0.29) is 0 Å². The second-order valence-electron chi connectivity index (χ2n) is 1.43. The molecular formula is C8H16OS. The highest BCUT2D eigenvalue weighted by Crippen LogP contribution is 2.10. The predicted molar refractivity (Wildman–Crippen MR) is 49.3 cm³/mol. The smallest absolute Gasteiger partial charge is 0.155 e. The van der Waals surface area contributed by atoms with E-state index in [0.717, 1.165) is 18.5 Å². The van der Waals surface area contributed by atoms with Crippen molar-refractivity contribution in [3.8, 4) is 0 Å². The fourth-order valence-electron chi connectivity index (χ4n) is 0.267. The third kappa shape index (κ3) is 10.7. The third-order valence-electron chi connectivity index (χ3n) is 0.623. The van der Waals surface area contributed by atoms with Crippen molar-refractivity contribution in [3.63, 3.8) is 0 Å². The molecule has 0 aliphatic rings. The first-order valence-electron chi connectivity index (χ1n) is 3.58. The second-order valence-corrected chi connectivity index (χ2v) is 2.65. The molecule has 1 nitrogen and oxygen atoms in total. The summed E-state index contributed by atoms with van der Waals surface area (Å²) in [6.45, 7) is 9.58. The zero-order valence-electron chi connectivity index (χ0n) is 7.02. The van der Waals surface area contributed by atoms with Crippen LogP contribution >= 0.6 is 11.8 Å². The molecule has 0 radical (unpaired) electrons. The molecule has 0 rings (SSSR count). The highest BCUT2D eigenvalue weighted by molar-refractivity contribution is 8.03. The van der Waals surface area contributed by atoms with Crippen molar-refractivity contribution < 1.29 is 4.79 Å². The van der Waals surface area contributed by atoms with Crippen LogP contribution in [-0.2, 0) is 4.79 Å². The maximum Gasteiger partial charge on any atom is 0.155 e. The number of thioether (sulfide) groups is 1. The van der Waals surface area contributed by atoms with Crippen LogP contribution in [0, 0.1) is 0 Å². The van der Waals surface area contributed by atoms with Gasteiger partial charge in [-0.25, -0.2) is 0 Å². The lowest BCUT2D eigenvalue weighted by atomic mass is 10.6. The summed E-state index contributed by atoms with van der Waals surface area (Å²) < 4.78 is 0. The fourth-order valence-corrected chi connectivity index (χ4v) is 0.802. The summed E-state index contributed by atoms with van der Waals surface area (Å²) in [6.07, 6.45) is 1.89. The topological polar surface area (TPSA) is 17.1 Å². The van der Waals surface area contributed by atoms with E-state index in [0.29, 0.717) is 4.91 Å². The Morgan fingerprint density at radius 2 is 2.10 bits per heavy atom. The molecular weight excluding hydrogens is 144 g/mol. The van der Waals surface area contributed by atoms with Gasteiger partial charge in [0.15, 0.2) is 6.29 Å². The normalized spacial score (nSPS) is 7.50. The van der Waals surface area contributed by atoms with Crippen molar-refractivity contribution in [2.45, 2.75) is 27.2 Å². The van der Waals surface area contributed by atoms with Crippen molar-refractivity contribution in [1.82, 2.24) is 0 Å². The summed E-state index contributed by atoms with van der Waals surface area (Å²) in [5.74, 6) is 0.998. The van der Waals surface area contributed by atoms with Crippen LogP contribution in [0.25, 0.3) is 0 Å². The van der Waals surface area contributed by atoms with Crippen molar-refractivity contribution in [2.24, 2.45) is 0 Å². The first-order chi connectivity index (χ1) is 4.81. The monoisotopic (exact) mass is 160 g/mol. The molecule has 0 amide bonds. The minimum atomic E-state index is 0.631. The lowest BCUT2D eigenvalue weighted by Gasteiger charge is -1.91. The van der Waals surface area contributed by atoms with E-state index in [1.165, 1.54) is 11.8 Å². The number of allylic oxidation sites excluding steroid dienone is 1. The number of hydrogen-bond donors (Lipinski definition) is 0. The third-order valence-corrected chi connectivity index (χ3v) is 1.70. The zero-order chi connectivity index (χ0) is 8.41. The van der Waals surface area contributed by atoms with Gasteiger partial charge in [0, 0.05) is 4.91 Å². The zero-order valence-corrected chi connectivity index (χ0v) is 7.83. The molecule has 0 bridgehead atoms. The Balaban J connectivity index is 0. The van der Waals surface area contributed by atoms with Gasteiger partial charge in [0.05, 0.1) is 0 Å². The molecule has 0 aliphatic heterocycles. The van der Waals surface area contributed by atoms with Gasteiger partial charge in [-0.3, -0.25) is 4.79 Å². The number of hydrogen-bond acceptors (Lipinski definition) is 2. The molecule has 0 saturated carbocycles. The highest BCUT2D eigenvalue weighted by Gasteiger charge is 1.87. The molecule has 0 aliphatic carbocycles. The van der Waals surface area contributed by atoms with Crippen LogP contribution in [0.4, 0.5) is 0 Å². The minimum absolute atomic E-state index is 0.631. The van der Waals surface area contributed by atoms with Gasteiger partial charge < -0.3 is 0 Å². The van der Waals surface area contributed by atoms with Crippen molar-refractivity contribution in [3.05, 3.63) is 11.5 Å². The molecule has 0 atom stereocenters. The quantitative estimate of drug-likeness (QED) is 0.464. The second kappa shape index (κ2) is 11.5. The Morgan fingerprint density at radius 3 is 2.40 bits per heavy atom. The van der Waals surface area contributed by atoms with Crippen molar-refractivity contribution in [1.29, 1.82) is 0 Å². The van der Waals surface area contributed by atoms with Gasteiger partial charge in [0.1, 0.15) is 0 Å². The van der Waals surface area contributed by atoms with Gasteiger partial charge >= 0.3 is 0 Å². The van der Waals surface area contributed by atoms with E-state index >= 15 is 0 Å². The largest absolute Gasteiger partial charge is 0.297 e. The summed E-state index contributed by atoms with van der Waals surface area (Å²) in [5, 5.41) is 0. The number of aldehydes is 1. The first kappa shape index (κ1) is 12.4. The predicted octanol–water partition coefficient (Wildman–Crippen LogP) is 2.87. The van der Waals surface area contributed by atoms with Gasteiger partial charge in [0.2, 0.25) is 0 Å². The van der Waals surface area contributed by atoms with Gasteiger partial charge in [-0.1, -0.05) is 27.4 Å². The molecule has 0 saturated heterocycles. The standard InChI is InChI=1S/C6H10OS.C2H6/c1-3-4-8-6(2)5-7;1-2/h5H,2-4H2,1H3;1-2H3. The number of carbonyl (C=O) groups is 1. The Bertz CT molecular complexity index is 89.3. The van der Waals surface area contributed by atoms with Crippen LogP contribution < -0.4 is 0 Å². The van der Waals surface area contributed by atoms with Crippen LogP contribution in [0.5, 0.6) is 0 Å². The lowest BCUT2D eigenvalue weighted by Crippen LogP contribution is -1.77. The minimum Gasteiger partial charge on any atom is -0.297 e. The van der Waals surface area contributed by atoms with E-state index in [9.17, 15) is 4.79 Å². The fraction of sp³-hybridized carbons (Fsp3) is 0.625. The van der Waals surface area contributed by atoms with Crippen LogP contribution in [0.2, 0.25) is 0 Å². The molecule has 60 valence electrons. The van der Waals surface area contributed by atoms with Crippen molar-refractivity contribution in [2.75, 3.05) is 5.75 Å². The molecule has 0 heterocycles. The SMILES string of the molecule is C=C(C=O)SCCC.CC. The Labute approximate surface area is 67.9 Å². The van der Waals surface area contributed by atoms with Crippen LogP contribution in [0.1, 0.15) is 27.2 Å². The average Bonchev–Trinajstić information content (AvgIpc) is 2.04. The van der Waals surface area contributed by atoms with Crippen LogP contribution in [0.3, 0.4) is 0 Å². The molecule has 0 N–H and O–H groups in total. The average molecular weight is 160 g/mol. The Kier molecular flexibility index (Phi) is 14.4. The van der Waals surface area contributed by atoms with E-state index < -0.39 is 0 Å². The molecule has 0 unspecified atom stereocenters. The molecule has 0 aromatic carbocycles. The molecule has 0 aromatic rings. The first-order valence-corrected chi connectivity index (χ1v) is 4.56. The van der Waals surface area contributed by atoms with Crippen LogP contribution in [0.15, 0.2) is 11.5 Å². The summed E-state index contributed by atoms with van der Waals surface area (Å²) >= 11 is 1.51. The van der Waals surface area contributed by atoms with Gasteiger partial charge in [-0.15, -0.1) is 11.8 Å². The summed E-state index contributed by atoms with van der Waals surface area (Å²) in [5.41, 5.74) is 0. The molecule has 0 aromatic heterocycles. The van der Waals surface area contributed by atoms with Gasteiger partial charge in [-0.2, -0.15) is 0 Å². The van der Waals surface area contributed by atoms with Gasteiger partial charge in [0.25, 0.3) is 0 Å². The molecule has 0 spiro atoms.